The molecule has 20 heavy (non-hydrogen) atoms. The molecule has 1 aliphatic rings. The Balaban J connectivity index is 1.98. The van der Waals surface area contributed by atoms with E-state index in [2.05, 4.69) is 0 Å². The van der Waals surface area contributed by atoms with E-state index in [0.29, 0.717) is 6.61 Å². The summed E-state index contributed by atoms with van der Waals surface area (Å²) in [5, 5.41) is 10.6. The first-order chi connectivity index (χ1) is 9.61. The first kappa shape index (κ1) is 14.5. The van der Waals surface area contributed by atoms with Gasteiger partial charge in [-0.15, -0.1) is 0 Å². The van der Waals surface area contributed by atoms with E-state index >= 15 is 0 Å². The van der Waals surface area contributed by atoms with Crippen molar-refractivity contribution < 1.29 is 14.5 Å². The van der Waals surface area contributed by atoms with Crippen molar-refractivity contribution in [1.82, 2.24) is 4.90 Å². The standard InChI is InChI=1S/C14H18N2O4/c1-20-10-13-3-2-8-15(13)14(17)9-11-4-6-12(7-5-11)16(18)19/h4-7,13H,2-3,8-10H2,1H3. The zero-order chi connectivity index (χ0) is 14.5. The molecule has 1 saturated heterocycles. The molecule has 1 unspecified atom stereocenters. The number of nitrogens with zero attached hydrogens (tertiary/aromatic N) is 2. The molecule has 1 heterocycles. The van der Waals surface area contributed by atoms with Crippen LogP contribution in [0.2, 0.25) is 0 Å². The SMILES string of the molecule is COCC1CCCN1C(=O)Cc1ccc([N+](=O)[O-])cc1. The van der Waals surface area contributed by atoms with Crippen molar-refractivity contribution in [3.8, 4) is 0 Å². The first-order valence-corrected chi connectivity index (χ1v) is 6.63. The van der Waals surface area contributed by atoms with Gasteiger partial charge in [0, 0.05) is 25.8 Å². The molecule has 6 heteroatoms. The van der Waals surface area contributed by atoms with E-state index in [1.54, 1.807) is 19.2 Å². The van der Waals surface area contributed by atoms with Gasteiger partial charge in [-0.05, 0) is 18.4 Å². The smallest absolute Gasteiger partial charge is 0.269 e. The van der Waals surface area contributed by atoms with E-state index in [4.69, 9.17) is 4.74 Å². The van der Waals surface area contributed by atoms with Crippen LogP contribution in [-0.2, 0) is 16.0 Å². The van der Waals surface area contributed by atoms with Gasteiger partial charge in [0.25, 0.3) is 5.69 Å². The van der Waals surface area contributed by atoms with E-state index in [9.17, 15) is 14.9 Å². The van der Waals surface area contributed by atoms with Crippen LogP contribution in [0.25, 0.3) is 0 Å². The summed E-state index contributed by atoms with van der Waals surface area (Å²) >= 11 is 0. The lowest BCUT2D eigenvalue weighted by molar-refractivity contribution is -0.384. The minimum absolute atomic E-state index is 0.0413. The van der Waals surface area contributed by atoms with E-state index < -0.39 is 4.92 Å². The number of hydrogen-bond donors (Lipinski definition) is 0. The summed E-state index contributed by atoms with van der Waals surface area (Å²) in [5.41, 5.74) is 0.836. The van der Waals surface area contributed by atoms with Crippen LogP contribution in [0.15, 0.2) is 24.3 Å². The van der Waals surface area contributed by atoms with E-state index in [1.165, 1.54) is 12.1 Å². The Hall–Kier alpha value is -1.95. The second-order valence-corrected chi connectivity index (χ2v) is 4.94. The van der Waals surface area contributed by atoms with Crippen molar-refractivity contribution in [2.24, 2.45) is 0 Å². The average molecular weight is 278 g/mol. The molecule has 0 aromatic heterocycles. The second kappa shape index (κ2) is 6.47. The van der Waals surface area contributed by atoms with Crippen molar-refractivity contribution in [2.75, 3.05) is 20.3 Å². The number of amides is 1. The number of ether oxygens (including phenoxy) is 1. The van der Waals surface area contributed by atoms with Gasteiger partial charge in [-0.3, -0.25) is 14.9 Å². The maximum absolute atomic E-state index is 12.3. The molecule has 0 bridgehead atoms. The van der Waals surface area contributed by atoms with Crippen molar-refractivity contribution in [3.05, 3.63) is 39.9 Å². The van der Waals surface area contributed by atoms with E-state index in [-0.39, 0.29) is 24.1 Å². The van der Waals surface area contributed by atoms with E-state index in [0.717, 1.165) is 24.9 Å². The predicted octanol–water partition coefficient (Wildman–Crippen LogP) is 1.77. The predicted molar refractivity (Wildman–Crippen MR) is 73.4 cm³/mol. The minimum Gasteiger partial charge on any atom is -0.383 e. The molecule has 0 aliphatic carbocycles. The maximum atomic E-state index is 12.3. The summed E-state index contributed by atoms with van der Waals surface area (Å²) in [7, 11) is 1.64. The molecule has 1 aromatic carbocycles. The fourth-order valence-corrected chi connectivity index (χ4v) is 2.54. The van der Waals surface area contributed by atoms with Crippen molar-refractivity contribution in [2.45, 2.75) is 25.3 Å². The third-order valence-corrected chi connectivity index (χ3v) is 3.56. The number of carbonyl (C=O) groups is 1. The molecular weight excluding hydrogens is 260 g/mol. The van der Waals surface area contributed by atoms with Gasteiger partial charge in [-0.1, -0.05) is 12.1 Å². The van der Waals surface area contributed by atoms with Gasteiger partial charge in [0.1, 0.15) is 0 Å². The number of hydrogen-bond acceptors (Lipinski definition) is 4. The van der Waals surface area contributed by atoms with Crippen LogP contribution < -0.4 is 0 Å². The zero-order valence-corrected chi connectivity index (χ0v) is 11.4. The van der Waals surface area contributed by atoms with Crippen LogP contribution in [-0.4, -0.2) is 42.0 Å². The molecular formula is C14H18N2O4. The van der Waals surface area contributed by atoms with Gasteiger partial charge in [0.15, 0.2) is 0 Å². The topological polar surface area (TPSA) is 72.7 Å². The van der Waals surface area contributed by atoms with Crippen LogP contribution in [0, 0.1) is 10.1 Å². The highest BCUT2D eigenvalue weighted by Gasteiger charge is 2.28. The highest BCUT2D eigenvalue weighted by atomic mass is 16.6. The van der Waals surface area contributed by atoms with Gasteiger partial charge in [-0.25, -0.2) is 0 Å². The molecule has 1 aromatic rings. The van der Waals surface area contributed by atoms with Gasteiger partial charge in [0.2, 0.25) is 5.91 Å². The first-order valence-electron chi connectivity index (χ1n) is 6.63. The van der Waals surface area contributed by atoms with Crippen molar-refractivity contribution in [1.29, 1.82) is 0 Å². The quantitative estimate of drug-likeness (QED) is 0.608. The molecule has 1 aliphatic heterocycles. The number of benzene rings is 1. The molecule has 0 saturated carbocycles. The van der Waals surface area contributed by atoms with Gasteiger partial charge in [-0.2, -0.15) is 0 Å². The second-order valence-electron chi connectivity index (χ2n) is 4.94. The largest absolute Gasteiger partial charge is 0.383 e. The van der Waals surface area contributed by atoms with Gasteiger partial charge >= 0.3 is 0 Å². The fraction of sp³-hybridized carbons (Fsp3) is 0.500. The van der Waals surface area contributed by atoms with Crippen LogP contribution in [0.5, 0.6) is 0 Å². The molecule has 108 valence electrons. The summed E-state index contributed by atoms with van der Waals surface area (Å²) in [6.07, 6.45) is 2.25. The molecule has 1 amide bonds. The third-order valence-electron chi connectivity index (χ3n) is 3.56. The van der Waals surface area contributed by atoms with Crippen LogP contribution in [0.4, 0.5) is 5.69 Å². The number of likely N-dealkylation sites (tertiary alicyclic amines) is 1. The lowest BCUT2D eigenvalue weighted by atomic mass is 10.1. The number of nitro benzene ring substituents is 1. The Labute approximate surface area is 117 Å². The zero-order valence-electron chi connectivity index (χ0n) is 11.4. The number of non-ortho nitro benzene ring substituents is 1. The molecule has 6 nitrogen and oxygen atoms in total. The van der Waals surface area contributed by atoms with Crippen LogP contribution in [0.3, 0.4) is 0 Å². The molecule has 0 spiro atoms. The number of rotatable bonds is 5. The summed E-state index contributed by atoms with van der Waals surface area (Å²) in [6, 6.07) is 6.29. The lowest BCUT2D eigenvalue weighted by Crippen LogP contribution is -2.38. The number of nitro groups is 1. The van der Waals surface area contributed by atoms with Crippen molar-refractivity contribution in [3.63, 3.8) is 0 Å². The molecule has 0 radical (unpaired) electrons. The summed E-state index contributed by atoms with van der Waals surface area (Å²) < 4.78 is 5.13. The molecule has 2 rings (SSSR count). The molecule has 0 N–H and O–H groups in total. The summed E-state index contributed by atoms with van der Waals surface area (Å²) in [4.78, 5) is 24.2. The Morgan fingerprint density at radius 1 is 1.45 bits per heavy atom. The normalized spacial score (nSPS) is 18.2. The Morgan fingerprint density at radius 3 is 2.75 bits per heavy atom. The van der Waals surface area contributed by atoms with E-state index in [1.807, 2.05) is 4.90 Å². The summed E-state index contributed by atoms with van der Waals surface area (Å²) in [6.45, 7) is 1.33. The monoisotopic (exact) mass is 278 g/mol. The molecule has 1 atom stereocenters. The highest BCUT2D eigenvalue weighted by molar-refractivity contribution is 5.79. The average Bonchev–Trinajstić information content (AvgIpc) is 2.88. The Bertz CT molecular complexity index is 486. The Morgan fingerprint density at radius 2 is 2.15 bits per heavy atom. The van der Waals surface area contributed by atoms with Gasteiger partial charge in [0.05, 0.1) is 24.0 Å². The number of methoxy groups -OCH3 is 1. The Kier molecular flexibility index (Phi) is 4.68. The highest BCUT2D eigenvalue weighted by Crippen LogP contribution is 2.19. The minimum atomic E-state index is -0.444. The van der Waals surface area contributed by atoms with Crippen LogP contribution >= 0.6 is 0 Å². The maximum Gasteiger partial charge on any atom is 0.269 e. The third kappa shape index (κ3) is 3.33. The number of carbonyl (C=O) groups excluding carboxylic acids is 1. The van der Waals surface area contributed by atoms with Gasteiger partial charge < -0.3 is 9.64 Å². The fourth-order valence-electron chi connectivity index (χ4n) is 2.54. The van der Waals surface area contributed by atoms with Crippen molar-refractivity contribution >= 4 is 11.6 Å². The molecule has 1 fully saturated rings. The van der Waals surface area contributed by atoms with Crippen LogP contribution in [0.1, 0.15) is 18.4 Å². The summed E-state index contributed by atoms with van der Waals surface area (Å²) in [5.74, 6) is 0.0541. The lowest BCUT2D eigenvalue weighted by Gasteiger charge is -2.24.